The van der Waals surface area contributed by atoms with E-state index in [0.717, 1.165) is 11.6 Å². The number of aromatic nitrogens is 3. The van der Waals surface area contributed by atoms with Crippen molar-refractivity contribution in [2.75, 3.05) is 7.11 Å². The summed E-state index contributed by atoms with van der Waals surface area (Å²) in [5.74, 6) is 2.56. The van der Waals surface area contributed by atoms with E-state index in [1.807, 2.05) is 23.7 Å². The average molecular weight is 286 g/mol. The fraction of sp³-hybridized carbons (Fsp3) is 0.500. The van der Waals surface area contributed by atoms with Gasteiger partial charge in [0.15, 0.2) is 0 Å². The van der Waals surface area contributed by atoms with Crippen LogP contribution in [-0.4, -0.2) is 27.9 Å². The van der Waals surface area contributed by atoms with Gasteiger partial charge in [-0.25, -0.2) is 0 Å². The maximum absolute atomic E-state index is 5.20. The zero-order valence-electron chi connectivity index (χ0n) is 12.8. The van der Waals surface area contributed by atoms with Crippen LogP contribution >= 0.6 is 0 Å². The lowest BCUT2D eigenvalue weighted by atomic mass is 9.75. The minimum absolute atomic E-state index is 0.235. The zero-order chi connectivity index (χ0) is 14.8. The van der Waals surface area contributed by atoms with E-state index in [-0.39, 0.29) is 6.04 Å². The highest BCUT2D eigenvalue weighted by Crippen LogP contribution is 2.38. The summed E-state index contributed by atoms with van der Waals surface area (Å²) in [4.78, 5) is 0. The van der Waals surface area contributed by atoms with Gasteiger partial charge in [-0.05, 0) is 43.4 Å². The van der Waals surface area contributed by atoms with Gasteiger partial charge < -0.3 is 14.6 Å². The molecule has 1 aromatic carbocycles. The first-order chi connectivity index (χ1) is 10.2. The third kappa shape index (κ3) is 2.93. The molecule has 1 aliphatic carbocycles. The summed E-state index contributed by atoms with van der Waals surface area (Å²) in [7, 11) is 3.68. The molecular weight excluding hydrogens is 264 g/mol. The van der Waals surface area contributed by atoms with Crippen molar-refractivity contribution in [1.29, 1.82) is 0 Å². The number of hydrogen-bond acceptors (Lipinski definition) is 4. The van der Waals surface area contributed by atoms with Crippen molar-refractivity contribution in [3.05, 3.63) is 42.0 Å². The molecule has 1 unspecified atom stereocenters. The van der Waals surface area contributed by atoms with E-state index >= 15 is 0 Å². The normalized spacial score (nSPS) is 22.6. The van der Waals surface area contributed by atoms with Crippen molar-refractivity contribution >= 4 is 0 Å². The molecule has 0 aliphatic heterocycles. The van der Waals surface area contributed by atoms with E-state index in [0.29, 0.717) is 12.0 Å². The van der Waals surface area contributed by atoms with Gasteiger partial charge in [0.1, 0.15) is 17.9 Å². The van der Waals surface area contributed by atoms with Gasteiger partial charge in [0.2, 0.25) is 0 Å². The molecule has 1 aliphatic rings. The van der Waals surface area contributed by atoms with E-state index in [2.05, 4.69) is 34.6 Å². The quantitative estimate of drug-likeness (QED) is 0.917. The molecule has 2 aromatic rings. The predicted octanol–water partition coefficient (Wildman–Crippen LogP) is 2.42. The molecule has 0 spiro atoms. The van der Waals surface area contributed by atoms with Crippen LogP contribution in [0.1, 0.15) is 43.1 Å². The third-order valence-electron chi connectivity index (χ3n) is 4.34. The summed E-state index contributed by atoms with van der Waals surface area (Å²) < 4.78 is 7.17. The lowest BCUT2D eigenvalue weighted by Gasteiger charge is -2.38. The molecule has 0 bridgehead atoms. The molecule has 112 valence electrons. The first-order valence-electron chi connectivity index (χ1n) is 7.41. The van der Waals surface area contributed by atoms with Crippen molar-refractivity contribution < 1.29 is 4.74 Å². The van der Waals surface area contributed by atoms with E-state index < -0.39 is 0 Å². The van der Waals surface area contributed by atoms with Crippen LogP contribution < -0.4 is 10.1 Å². The van der Waals surface area contributed by atoms with Gasteiger partial charge in [-0.3, -0.25) is 0 Å². The van der Waals surface area contributed by atoms with Gasteiger partial charge >= 0.3 is 0 Å². The Morgan fingerprint density at radius 3 is 2.57 bits per heavy atom. The lowest BCUT2D eigenvalue weighted by molar-refractivity contribution is 0.266. The van der Waals surface area contributed by atoms with E-state index in [4.69, 9.17) is 4.74 Å². The maximum Gasteiger partial charge on any atom is 0.149 e. The number of aryl methyl sites for hydroxylation is 1. The molecule has 1 fully saturated rings. The largest absolute Gasteiger partial charge is 0.497 e. The average Bonchev–Trinajstić information content (AvgIpc) is 2.89. The second kappa shape index (κ2) is 5.85. The Kier molecular flexibility index (Phi) is 3.92. The van der Waals surface area contributed by atoms with E-state index in [9.17, 15) is 0 Å². The highest BCUT2D eigenvalue weighted by atomic mass is 16.5. The number of nitrogens with one attached hydrogen (secondary N) is 1. The van der Waals surface area contributed by atoms with Gasteiger partial charge in [0.05, 0.1) is 13.2 Å². The van der Waals surface area contributed by atoms with Crippen LogP contribution in [0.5, 0.6) is 5.75 Å². The SMILES string of the molecule is COc1ccc(C2CC(NC(C)c3nncn3C)C2)cc1. The van der Waals surface area contributed by atoms with Crippen LogP contribution in [0.15, 0.2) is 30.6 Å². The Hall–Kier alpha value is -1.88. The Bertz CT molecular complexity index is 587. The highest BCUT2D eigenvalue weighted by Gasteiger charge is 2.31. The number of ether oxygens (including phenoxy) is 1. The number of nitrogens with zero attached hydrogens (tertiary/aromatic N) is 3. The van der Waals surface area contributed by atoms with Crippen LogP contribution in [0.4, 0.5) is 0 Å². The molecule has 1 aromatic heterocycles. The van der Waals surface area contributed by atoms with Crippen LogP contribution in [0.2, 0.25) is 0 Å². The predicted molar refractivity (Wildman–Crippen MR) is 81.3 cm³/mol. The lowest BCUT2D eigenvalue weighted by Crippen LogP contribution is -2.41. The molecule has 5 heteroatoms. The summed E-state index contributed by atoms with van der Waals surface area (Å²) >= 11 is 0. The molecule has 0 saturated heterocycles. The van der Waals surface area contributed by atoms with Gasteiger partial charge in [0, 0.05) is 13.1 Å². The van der Waals surface area contributed by atoms with Gasteiger partial charge in [-0.1, -0.05) is 12.1 Å². The monoisotopic (exact) mass is 286 g/mol. The molecule has 1 saturated carbocycles. The van der Waals surface area contributed by atoms with Crippen LogP contribution in [0.25, 0.3) is 0 Å². The molecule has 1 heterocycles. The summed E-state index contributed by atoms with van der Waals surface area (Å²) in [5.41, 5.74) is 1.40. The summed E-state index contributed by atoms with van der Waals surface area (Å²) in [6.07, 6.45) is 4.09. The van der Waals surface area contributed by atoms with Crippen LogP contribution in [0.3, 0.4) is 0 Å². The molecule has 3 rings (SSSR count). The standard InChI is InChI=1S/C16H22N4O/c1-11(16-19-17-10-20(16)2)18-14-8-13(9-14)12-4-6-15(21-3)7-5-12/h4-7,10-11,13-14,18H,8-9H2,1-3H3. The number of benzene rings is 1. The molecule has 0 amide bonds. The fourth-order valence-electron chi connectivity index (χ4n) is 3.01. The molecule has 21 heavy (non-hydrogen) atoms. The van der Waals surface area contributed by atoms with Crippen molar-refractivity contribution in [3.8, 4) is 5.75 Å². The minimum Gasteiger partial charge on any atom is -0.497 e. The molecule has 1 N–H and O–H groups in total. The van der Waals surface area contributed by atoms with E-state index in [1.54, 1.807) is 13.4 Å². The molecule has 0 radical (unpaired) electrons. The summed E-state index contributed by atoms with van der Waals surface area (Å²) in [6, 6.07) is 9.22. The molecule has 5 nitrogen and oxygen atoms in total. The van der Waals surface area contributed by atoms with Crippen molar-refractivity contribution in [2.45, 2.75) is 37.8 Å². The molecule has 1 atom stereocenters. The van der Waals surface area contributed by atoms with Crippen LogP contribution in [-0.2, 0) is 7.05 Å². The highest BCUT2D eigenvalue weighted by molar-refractivity contribution is 5.31. The van der Waals surface area contributed by atoms with Crippen molar-refractivity contribution in [1.82, 2.24) is 20.1 Å². The van der Waals surface area contributed by atoms with Crippen LogP contribution in [0, 0.1) is 0 Å². The second-order valence-electron chi connectivity index (χ2n) is 5.83. The second-order valence-corrected chi connectivity index (χ2v) is 5.83. The third-order valence-corrected chi connectivity index (χ3v) is 4.34. The van der Waals surface area contributed by atoms with Gasteiger partial charge in [-0.15, -0.1) is 10.2 Å². The first kappa shape index (κ1) is 14.1. The van der Waals surface area contributed by atoms with Crippen molar-refractivity contribution in [2.24, 2.45) is 7.05 Å². The topological polar surface area (TPSA) is 52.0 Å². The molecular formula is C16H22N4O. The number of rotatable bonds is 5. The fourth-order valence-corrected chi connectivity index (χ4v) is 3.01. The van der Waals surface area contributed by atoms with Crippen molar-refractivity contribution in [3.63, 3.8) is 0 Å². The number of hydrogen-bond donors (Lipinski definition) is 1. The Balaban J connectivity index is 1.52. The van der Waals surface area contributed by atoms with E-state index in [1.165, 1.54) is 18.4 Å². The zero-order valence-corrected chi connectivity index (χ0v) is 12.8. The number of methoxy groups -OCH3 is 1. The smallest absolute Gasteiger partial charge is 0.149 e. The Labute approximate surface area is 125 Å². The summed E-state index contributed by atoms with van der Waals surface area (Å²) in [5, 5.41) is 11.7. The summed E-state index contributed by atoms with van der Waals surface area (Å²) in [6.45, 7) is 2.14. The van der Waals surface area contributed by atoms with Gasteiger partial charge in [0.25, 0.3) is 0 Å². The van der Waals surface area contributed by atoms with Gasteiger partial charge in [-0.2, -0.15) is 0 Å². The first-order valence-corrected chi connectivity index (χ1v) is 7.41. The Morgan fingerprint density at radius 2 is 2.00 bits per heavy atom. The minimum atomic E-state index is 0.235. The maximum atomic E-state index is 5.20. The Morgan fingerprint density at radius 1 is 1.29 bits per heavy atom.